The lowest BCUT2D eigenvalue weighted by atomic mass is 9.99. The van der Waals surface area contributed by atoms with Gasteiger partial charge in [-0.15, -0.1) is 0 Å². The molecule has 1 amide bonds. The summed E-state index contributed by atoms with van der Waals surface area (Å²) in [5.74, 6) is -1.79. The molecule has 2 aliphatic rings. The van der Waals surface area contributed by atoms with Crippen molar-refractivity contribution in [2.24, 2.45) is 0 Å². The molecule has 1 spiro atoms. The number of amides is 1. The normalized spacial score (nSPS) is 19.6. The van der Waals surface area contributed by atoms with Gasteiger partial charge in [0.05, 0.1) is 18.8 Å². The molecule has 0 bridgehead atoms. The number of alkyl halides is 3. The number of carbonyl (C=O) groups excluding carboxylic acids is 1. The lowest BCUT2D eigenvalue weighted by Gasteiger charge is -2.40. The van der Waals surface area contributed by atoms with Gasteiger partial charge in [-0.3, -0.25) is 4.79 Å². The van der Waals surface area contributed by atoms with Gasteiger partial charge in [0.25, 0.3) is 5.91 Å². The van der Waals surface area contributed by atoms with Crippen LogP contribution >= 0.6 is 0 Å². The van der Waals surface area contributed by atoms with E-state index in [-0.39, 0.29) is 17.3 Å². The molecule has 0 radical (unpaired) electrons. The summed E-state index contributed by atoms with van der Waals surface area (Å²) >= 11 is 0. The van der Waals surface area contributed by atoms with E-state index < -0.39 is 12.1 Å². The second-order valence-electron chi connectivity index (χ2n) is 6.97. The van der Waals surface area contributed by atoms with Gasteiger partial charge < -0.3 is 14.2 Å². The summed E-state index contributed by atoms with van der Waals surface area (Å²) in [5.41, 5.74) is 0.422. The van der Waals surface area contributed by atoms with Gasteiger partial charge in [-0.25, -0.2) is 0 Å². The van der Waals surface area contributed by atoms with E-state index in [9.17, 15) is 18.0 Å². The third kappa shape index (κ3) is 3.55. The fourth-order valence-corrected chi connectivity index (χ4v) is 3.77. The molecular formula is C18H18F3N3O3. The van der Waals surface area contributed by atoms with Crippen LogP contribution in [0.15, 0.2) is 28.8 Å². The van der Waals surface area contributed by atoms with E-state index in [1.807, 2.05) is 0 Å². The smallest absolute Gasteiger partial charge is 0.371 e. The van der Waals surface area contributed by atoms with Crippen LogP contribution in [0, 0.1) is 0 Å². The number of ether oxygens (including phenoxy) is 1. The number of morpholine rings is 1. The minimum Gasteiger partial charge on any atom is -0.371 e. The lowest BCUT2D eigenvalue weighted by Crippen LogP contribution is -2.52. The Labute approximate surface area is 153 Å². The van der Waals surface area contributed by atoms with Crippen LogP contribution in [0.25, 0.3) is 11.4 Å². The molecule has 2 fully saturated rings. The first-order valence-electron chi connectivity index (χ1n) is 8.81. The molecule has 2 aromatic rings. The number of aromatic nitrogens is 2. The zero-order chi connectivity index (χ0) is 19.1. The highest BCUT2D eigenvalue weighted by Gasteiger charge is 2.41. The minimum absolute atomic E-state index is 0.175. The fraction of sp³-hybridized carbons (Fsp3) is 0.500. The molecule has 0 atom stereocenters. The number of carbonyl (C=O) groups is 1. The van der Waals surface area contributed by atoms with E-state index in [1.165, 1.54) is 6.07 Å². The van der Waals surface area contributed by atoms with Crippen molar-refractivity contribution in [2.75, 3.05) is 19.7 Å². The average Bonchev–Trinajstić information content (AvgIpc) is 3.31. The Hall–Kier alpha value is -2.42. The highest BCUT2D eigenvalue weighted by atomic mass is 19.4. The topological polar surface area (TPSA) is 68.5 Å². The van der Waals surface area contributed by atoms with E-state index >= 15 is 0 Å². The Kier molecular flexibility index (Phi) is 4.41. The first kappa shape index (κ1) is 18.0. The summed E-state index contributed by atoms with van der Waals surface area (Å²) in [5, 5.41) is 3.37. The molecule has 1 aromatic heterocycles. The first-order chi connectivity index (χ1) is 12.9. The lowest BCUT2D eigenvalue weighted by molar-refractivity contribution is -0.159. The van der Waals surface area contributed by atoms with Gasteiger partial charge in [-0.2, -0.15) is 18.2 Å². The van der Waals surface area contributed by atoms with E-state index in [4.69, 9.17) is 4.74 Å². The molecule has 1 aliphatic carbocycles. The second kappa shape index (κ2) is 6.63. The van der Waals surface area contributed by atoms with Crippen molar-refractivity contribution in [3.05, 3.63) is 35.7 Å². The maximum atomic E-state index is 12.9. The van der Waals surface area contributed by atoms with Crippen LogP contribution in [0.3, 0.4) is 0 Å². The number of hydrogen-bond acceptors (Lipinski definition) is 5. The molecule has 9 heteroatoms. The predicted octanol–water partition coefficient (Wildman–Crippen LogP) is 3.54. The Balaban J connectivity index is 1.55. The van der Waals surface area contributed by atoms with Crippen LogP contribution in [0.2, 0.25) is 0 Å². The number of rotatable bonds is 2. The third-order valence-corrected chi connectivity index (χ3v) is 5.09. The maximum Gasteiger partial charge on any atom is 0.471 e. The molecule has 0 N–H and O–H groups in total. The van der Waals surface area contributed by atoms with Gasteiger partial charge in [-0.1, -0.05) is 30.1 Å². The SMILES string of the molecule is O=C(c1cccc(-c2noc(C(F)(F)F)n2)c1)N1CCOC2(CCCC2)C1. The summed E-state index contributed by atoms with van der Waals surface area (Å²) in [6.45, 7) is 1.52. The van der Waals surface area contributed by atoms with Gasteiger partial charge in [0.1, 0.15) is 0 Å². The quantitative estimate of drug-likeness (QED) is 0.796. The summed E-state index contributed by atoms with van der Waals surface area (Å²) in [6, 6.07) is 6.26. The first-order valence-corrected chi connectivity index (χ1v) is 8.81. The van der Waals surface area contributed by atoms with E-state index in [2.05, 4.69) is 14.7 Å². The van der Waals surface area contributed by atoms with Crippen LogP contribution in [-0.2, 0) is 10.9 Å². The van der Waals surface area contributed by atoms with Crippen molar-refractivity contribution in [3.8, 4) is 11.4 Å². The Morgan fingerprint density at radius 2 is 2.00 bits per heavy atom. The standard InChI is InChI=1S/C18H18F3N3O3/c19-18(20,21)16-22-14(23-27-16)12-4-3-5-13(10-12)15(25)24-8-9-26-17(11-24)6-1-2-7-17/h3-5,10H,1-2,6-9,11H2. The Morgan fingerprint density at radius 3 is 2.70 bits per heavy atom. The van der Waals surface area contributed by atoms with Crippen LogP contribution in [0.4, 0.5) is 13.2 Å². The van der Waals surface area contributed by atoms with Crippen molar-refractivity contribution in [1.29, 1.82) is 0 Å². The van der Waals surface area contributed by atoms with E-state index in [1.54, 1.807) is 23.1 Å². The fourth-order valence-electron chi connectivity index (χ4n) is 3.77. The van der Waals surface area contributed by atoms with Gasteiger partial charge in [0, 0.05) is 17.7 Å². The molecule has 4 rings (SSSR count). The number of halogens is 3. The number of benzene rings is 1. The Morgan fingerprint density at radius 1 is 1.22 bits per heavy atom. The molecule has 1 saturated carbocycles. The summed E-state index contributed by atoms with van der Waals surface area (Å²) < 4.78 is 48.1. The molecule has 1 saturated heterocycles. The molecule has 1 aliphatic heterocycles. The summed E-state index contributed by atoms with van der Waals surface area (Å²) in [6.07, 6.45) is -0.629. The number of hydrogen-bond donors (Lipinski definition) is 0. The highest BCUT2D eigenvalue weighted by Crippen LogP contribution is 2.36. The third-order valence-electron chi connectivity index (χ3n) is 5.09. The van der Waals surface area contributed by atoms with Gasteiger partial charge in [0.15, 0.2) is 0 Å². The van der Waals surface area contributed by atoms with Crippen molar-refractivity contribution >= 4 is 5.91 Å². The minimum atomic E-state index is -4.71. The van der Waals surface area contributed by atoms with Crippen LogP contribution in [-0.4, -0.2) is 46.2 Å². The Bertz CT molecular complexity index is 844. The zero-order valence-corrected chi connectivity index (χ0v) is 14.5. The molecule has 1 aromatic carbocycles. The van der Waals surface area contributed by atoms with Crippen LogP contribution in [0.5, 0.6) is 0 Å². The van der Waals surface area contributed by atoms with E-state index in [0.29, 0.717) is 30.8 Å². The molecule has 144 valence electrons. The molecule has 6 nitrogen and oxygen atoms in total. The highest BCUT2D eigenvalue weighted by molar-refractivity contribution is 5.95. The van der Waals surface area contributed by atoms with Crippen molar-refractivity contribution in [2.45, 2.75) is 37.5 Å². The molecule has 2 heterocycles. The van der Waals surface area contributed by atoms with Crippen LogP contribution in [0.1, 0.15) is 41.9 Å². The summed E-state index contributed by atoms with van der Waals surface area (Å²) in [4.78, 5) is 18.0. The second-order valence-corrected chi connectivity index (χ2v) is 6.97. The largest absolute Gasteiger partial charge is 0.471 e. The van der Waals surface area contributed by atoms with Crippen LogP contribution < -0.4 is 0 Å². The van der Waals surface area contributed by atoms with Crippen molar-refractivity contribution < 1.29 is 27.2 Å². The van der Waals surface area contributed by atoms with Gasteiger partial charge >= 0.3 is 12.1 Å². The molecule has 0 unspecified atom stereocenters. The van der Waals surface area contributed by atoms with Crippen molar-refractivity contribution in [3.63, 3.8) is 0 Å². The number of nitrogens with zero attached hydrogens (tertiary/aromatic N) is 3. The van der Waals surface area contributed by atoms with Gasteiger partial charge in [0.2, 0.25) is 5.82 Å². The predicted molar refractivity (Wildman–Crippen MR) is 87.8 cm³/mol. The molecular weight excluding hydrogens is 363 g/mol. The average molecular weight is 381 g/mol. The monoisotopic (exact) mass is 381 g/mol. The summed E-state index contributed by atoms with van der Waals surface area (Å²) in [7, 11) is 0. The van der Waals surface area contributed by atoms with Gasteiger partial charge in [-0.05, 0) is 25.0 Å². The van der Waals surface area contributed by atoms with E-state index in [0.717, 1.165) is 25.7 Å². The maximum absolute atomic E-state index is 12.9. The van der Waals surface area contributed by atoms with Crippen molar-refractivity contribution in [1.82, 2.24) is 15.0 Å². The zero-order valence-electron chi connectivity index (χ0n) is 14.5. The molecule has 27 heavy (non-hydrogen) atoms.